The average Bonchev–Trinajstić information content (AvgIpc) is 2.86. The van der Waals surface area contributed by atoms with Crippen molar-refractivity contribution in [3.63, 3.8) is 0 Å². The fraction of sp³-hybridized carbons (Fsp3) is 0.579. The third kappa shape index (κ3) is 3.41. The summed E-state index contributed by atoms with van der Waals surface area (Å²) in [6.07, 6.45) is 5.78. The molecule has 3 rings (SSSR count). The van der Waals surface area contributed by atoms with Crippen LogP contribution in [0.15, 0.2) is 30.3 Å². The van der Waals surface area contributed by atoms with Crippen LogP contribution in [0.3, 0.4) is 0 Å². The molecule has 0 aromatic heterocycles. The predicted molar refractivity (Wildman–Crippen MR) is 89.7 cm³/mol. The number of benzene rings is 1. The van der Waals surface area contributed by atoms with Crippen molar-refractivity contribution in [1.29, 1.82) is 0 Å². The van der Waals surface area contributed by atoms with Crippen molar-refractivity contribution >= 4 is 11.8 Å². The van der Waals surface area contributed by atoms with E-state index in [1.54, 1.807) is 4.90 Å². The highest BCUT2D eigenvalue weighted by atomic mass is 16.2. The van der Waals surface area contributed by atoms with Crippen LogP contribution in [-0.2, 0) is 9.59 Å². The van der Waals surface area contributed by atoms with Crippen LogP contribution in [0, 0.1) is 5.92 Å². The highest BCUT2D eigenvalue weighted by Gasteiger charge is 2.40. The number of hydrogen-bond acceptors (Lipinski definition) is 2. The van der Waals surface area contributed by atoms with Gasteiger partial charge in [0.25, 0.3) is 0 Å². The summed E-state index contributed by atoms with van der Waals surface area (Å²) in [5.41, 5.74) is 1.07. The third-order valence-corrected chi connectivity index (χ3v) is 5.24. The Kier molecular flexibility index (Phi) is 4.99. The van der Waals surface area contributed by atoms with Gasteiger partial charge in [-0.2, -0.15) is 0 Å². The molecule has 0 bridgehead atoms. The third-order valence-electron chi connectivity index (χ3n) is 5.24. The minimum atomic E-state index is -0.131. The van der Waals surface area contributed by atoms with Crippen LogP contribution in [0.25, 0.3) is 0 Å². The summed E-state index contributed by atoms with van der Waals surface area (Å²) in [4.78, 5) is 29.1. The molecular weight excluding hydrogens is 288 g/mol. The summed E-state index contributed by atoms with van der Waals surface area (Å²) in [6, 6.07) is 9.86. The van der Waals surface area contributed by atoms with E-state index in [-0.39, 0.29) is 23.8 Å². The van der Waals surface area contributed by atoms with Crippen LogP contribution in [0.2, 0.25) is 0 Å². The molecule has 23 heavy (non-hydrogen) atoms. The molecule has 2 atom stereocenters. The van der Waals surface area contributed by atoms with Crippen LogP contribution < -0.4 is 0 Å². The van der Waals surface area contributed by atoms with Crippen LogP contribution in [0.5, 0.6) is 0 Å². The second-order valence-electron chi connectivity index (χ2n) is 6.74. The average molecular weight is 314 g/mol. The molecular formula is C19H26N2O2. The fourth-order valence-corrected chi connectivity index (χ4v) is 3.93. The van der Waals surface area contributed by atoms with Gasteiger partial charge in [0.2, 0.25) is 11.8 Å². The van der Waals surface area contributed by atoms with Crippen molar-refractivity contribution in [1.82, 2.24) is 9.80 Å². The molecule has 2 heterocycles. The normalized spacial score (nSPS) is 26.0. The van der Waals surface area contributed by atoms with E-state index in [0.29, 0.717) is 12.8 Å². The molecule has 124 valence electrons. The van der Waals surface area contributed by atoms with Crippen LogP contribution in [-0.4, -0.2) is 41.8 Å². The summed E-state index contributed by atoms with van der Waals surface area (Å²) in [6.45, 7) is 1.74. The number of carbonyl (C=O) groups is 2. The van der Waals surface area contributed by atoms with Gasteiger partial charge in [-0.05, 0) is 24.8 Å². The molecule has 2 fully saturated rings. The summed E-state index contributed by atoms with van der Waals surface area (Å²) in [7, 11) is 1.84. The topological polar surface area (TPSA) is 40.6 Å². The lowest BCUT2D eigenvalue weighted by atomic mass is 9.83. The van der Waals surface area contributed by atoms with Gasteiger partial charge in [0, 0.05) is 26.6 Å². The monoisotopic (exact) mass is 314 g/mol. The quantitative estimate of drug-likeness (QED) is 0.842. The van der Waals surface area contributed by atoms with Crippen LogP contribution in [0.4, 0.5) is 0 Å². The van der Waals surface area contributed by atoms with Crippen molar-refractivity contribution in [2.24, 2.45) is 5.92 Å². The van der Waals surface area contributed by atoms with Gasteiger partial charge in [-0.3, -0.25) is 9.59 Å². The molecule has 0 spiro atoms. The Morgan fingerprint density at radius 1 is 1.04 bits per heavy atom. The van der Waals surface area contributed by atoms with Crippen molar-refractivity contribution in [2.45, 2.75) is 44.6 Å². The summed E-state index contributed by atoms with van der Waals surface area (Å²) >= 11 is 0. The van der Waals surface area contributed by atoms with Gasteiger partial charge in [0.05, 0.1) is 12.0 Å². The molecule has 1 aromatic carbocycles. The standard InChI is InChI=1S/C19H26N2O2/c1-20-17(22)12-11-16(18(20)15-9-5-4-6-10-15)19(23)21-13-7-2-3-8-14-21/h4-6,9-10,16,18H,2-3,7-8,11-14H2,1H3/t16-,18+/m1/s1. The Bertz CT molecular complexity index is 550. The number of rotatable bonds is 2. The summed E-state index contributed by atoms with van der Waals surface area (Å²) in [5.74, 6) is 0.261. The zero-order valence-corrected chi connectivity index (χ0v) is 13.9. The molecule has 2 aliphatic rings. The first kappa shape index (κ1) is 16.0. The van der Waals surface area contributed by atoms with E-state index < -0.39 is 0 Å². The van der Waals surface area contributed by atoms with Gasteiger partial charge in [-0.15, -0.1) is 0 Å². The molecule has 4 nitrogen and oxygen atoms in total. The number of amides is 2. The molecule has 0 unspecified atom stereocenters. The molecule has 2 amide bonds. The van der Waals surface area contributed by atoms with E-state index in [1.165, 1.54) is 12.8 Å². The first-order valence-electron chi connectivity index (χ1n) is 8.78. The van der Waals surface area contributed by atoms with Gasteiger partial charge in [0.15, 0.2) is 0 Å². The number of hydrogen-bond donors (Lipinski definition) is 0. The van der Waals surface area contributed by atoms with Gasteiger partial charge >= 0.3 is 0 Å². The van der Waals surface area contributed by atoms with Gasteiger partial charge in [0.1, 0.15) is 0 Å². The Labute approximate surface area is 138 Å². The SMILES string of the molecule is CN1C(=O)CC[C@@H](C(=O)N2CCCCCC2)[C@@H]1c1ccccc1. The molecule has 0 radical (unpaired) electrons. The van der Waals surface area contributed by atoms with Crippen LogP contribution in [0.1, 0.15) is 50.1 Å². The highest BCUT2D eigenvalue weighted by molar-refractivity contribution is 5.85. The largest absolute Gasteiger partial charge is 0.342 e. The van der Waals surface area contributed by atoms with Gasteiger partial charge in [-0.25, -0.2) is 0 Å². The van der Waals surface area contributed by atoms with Crippen LogP contribution >= 0.6 is 0 Å². The van der Waals surface area contributed by atoms with Crippen molar-refractivity contribution < 1.29 is 9.59 Å². The Morgan fingerprint density at radius 2 is 1.70 bits per heavy atom. The van der Waals surface area contributed by atoms with Crippen molar-refractivity contribution in [3.8, 4) is 0 Å². The lowest BCUT2D eigenvalue weighted by Crippen LogP contribution is -2.47. The Hall–Kier alpha value is -1.84. The van der Waals surface area contributed by atoms with E-state index in [1.807, 2.05) is 42.3 Å². The van der Waals surface area contributed by atoms with Gasteiger partial charge < -0.3 is 9.80 Å². The molecule has 0 saturated carbocycles. The summed E-state index contributed by atoms with van der Waals surface area (Å²) in [5, 5.41) is 0. The minimum absolute atomic E-state index is 0.113. The number of carbonyl (C=O) groups excluding carboxylic acids is 2. The molecule has 2 aliphatic heterocycles. The zero-order valence-electron chi connectivity index (χ0n) is 13.9. The second-order valence-corrected chi connectivity index (χ2v) is 6.74. The van der Waals surface area contributed by atoms with Crippen molar-refractivity contribution in [3.05, 3.63) is 35.9 Å². The summed E-state index contributed by atoms with van der Waals surface area (Å²) < 4.78 is 0. The van der Waals surface area contributed by atoms with Gasteiger partial charge in [-0.1, -0.05) is 43.2 Å². The first-order chi connectivity index (χ1) is 11.2. The number of piperidine rings is 1. The molecule has 2 saturated heterocycles. The Balaban J connectivity index is 1.85. The van der Waals surface area contributed by atoms with E-state index in [9.17, 15) is 9.59 Å². The number of likely N-dealkylation sites (tertiary alicyclic amines) is 2. The zero-order chi connectivity index (χ0) is 16.2. The maximum Gasteiger partial charge on any atom is 0.228 e. The lowest BCUT2D eigenvalue weighted by Gasteiger charge is -2.40. The van der Waals surface area contributed by atoms with E-state index in [4.69, 9.17) is 0 Å². The second kappa shape index (κ2) is 7.16. The molecule has 0 N–H and O–H groups in total. The minimum Gasteiger partial charge on any atom is -0.342 e. The smallest absolute Gasteiger partial charge is 0.228 e. The maximum atomic E-state index is 13.1. The van der Waals surface area contributed by atoms with E-state index in [2.05, 4.69) is 0 Å². The lowest BCUT2D eigenvalue weighted by molar-refractivity contribution is -0.146. The highest BCUT2D eigenvalue weighted by Crippen LogP contribution is 2.37. The van der Waals surface area contributed by atoms with Crippen molar-refractivity contribution in [2.75, 3.05) is 20.1 Å². The number of nitrogens with zero attached hydrogens (tertiary/aromatic N) is 2. The maximum absolute atomic E-state index is 13.1. The molecule has 4 heteroatoms. The Morgan fingerprint density at radius 3 is 2.35 bits per heavy atom. The predicted octanol–water partition coefficient (Wildman–Crippen LogP) is 3.00. The van der Waals surface area contributed by atoms with E-state index in [0.717, 1.165) is 31.5 Å². The molecule has 1 aromatic rings. The fourth-order valence-electron chi connectivity index (χ4n) is 3.93. The molecule has 0 aliphatic carbocycles. The van der Waals surface area contributed by atoms with E-state index >= 15 is 0 Å². The first-order valence-corrected chi connectivity index (χ1v) is 8.78.